The van der Waals surface area contributed by atoms with Crippen molar-refractivity contribution in [3.63, 3.8) is 0 Å². The molecule has 2 amide bonds. The Morgan fingerprint density at radius 2 is 1.76 bits per heavy atom. The minimum Gasteiger partial charge on any atom is -0.402 e. The van der Waals surface area contributed by atoms with Crippen molar-refractivity contribution in [3.8, 4) is 0 Å². The molecule has 1 saturated heterocycles. The van der Waals surface area contributed by atoms with Gasteiger partial charge in [0.1, 0.15) is 27.4 Å². The van der Waals surface area contributed by atoms with E-state index in [-0.39, 0.29) is 5.69 Å². The lowest BCUT2D eigenvalue weighted by Gasteiger charge is -2.32. The number of nitrogens with zero attached hydrogens (tertiary/aromatic N) is 2. The normalized spacial score (nSPS) is 18.0. The van der Waals surface area contributed by atoms with E-state index in [2.05, 4.69) is 20.6 Å². The van der Waals surface area contributed by atoms with Gasteiger partial charge in [-0.1, -0.05) is 30.3 Å². The molecule has 13 heteroatoms. The molecule has 4 radical (unpaired) electrons. The van der Waals surface area contributed by atoms with Gasteiger partial charge < -0.3 is 29.8 Å². The fourth-order valence-corrected chi connectivity index (χ4v) is 3.83. The van der Waals surface area contributed by atoms with Crippen molar-refractivity contribution < 1.29 is 28.7 Å². The minimum atomic E-state index is -2.50. The van der Waals surface area contributed by atoms with Gasteiger partial charge >= 0.3 is 7.12 Å². The van der Waals surface area contributed by atoms with Crippen molar-refractivity contribution >= 4 is 34.6 Å². The molecule has 2 aromatic rings. The first kappa shape index (κ1) is 29.8. The number of carbonyl (C=O) groups excluding carboxylic acids is 2. The SMILES string of the molecule is [B]C([B])(O)OCC(NC(=O)c1cnccn1)C(=O)NC(CCCc1ccccc1)B1OC(C)(C)C(C)(C)O1. The van der Waals surface area contributed by atoms with Crippen LogP contribution >= 0.6 is 0 Å². The zero-order valence-corrected chi connectivity index (χ0v) is 22.2. The molecule has 1 aliphatic rings. The fraction of sp³-hybridized carbons (Fsp3) is 0.520. The summed E-state index contributed by atoms with van der Waals surface area (Å²) in [5, 5.41) is 15.1. The van der Waals surface area contributed by atoms with Crippen LogP contribution in [0.4, 0.5) is 0 Å². The van der Waals surface area contributed by atoms with E-state index in [1.165, 1.54) is 24.2 Å². The summed E-state index contributed by atoms with van der Waals surface area (Å²) < 4.78 is 17.4. The van der Waals surface area contributed by atoms with Crippen LogP contribution in [0.15, 0.2) is 48.9 Å². The average Bonchev–Trinajstić information content (AvgIpc) is 3.08. The van der Waals surface area contributed by atoms with Gasteiger partial charge in [0.15, 0.2) is 0 Å². The van der Waals surface area contributed by atoms with E-state index in [0.717, 1.165) is 12.8 Å². The Kier molecular flexibility index (Phi) is 9.75. The van der Waals surface area contributed by atoms with Crippen LogP contribution in [0, 0.1) is 0 Å². The van der Waals surface area contributed by atoms with Crippen molar-refractivity contribution in [2.45, 2.75) is 75.7 Å². The number of aryl methyl sites for hydroxylation is 1. The van der Waals surface area contributed by atoms with Crippen LogP contribution in [-0.2, 0) is 25.3 Å². The first-order chi connectivity index (χ1) is 17.8. The van der Waals surface area contributed by atoms with E-state index >= 15 is 0 Å². The molecule has 10 nitrogen and oxygen atoms in total. The molecule has 0 bridgehead atoms. The van der Waals surface area contributed by atoms with Gasteiger partial charge in [-0.2, -0.15) is 0 Å². The van der Waals surface area contributed by atoms with Crippen LogP contribution < -0.4 is 10.6 Å². The van der Waals surface area contributed by atoms with Crippen molar-refractivity contribution in [1.82, 2.24) is 20.6 Å². The molecule has 3 N–H and O–H groups in total. The zero-order chi connectivity index (χ0) is 28.0. The van der Waals surface area contributed by atoms with Crippen molar-refractivity contribution in [3.05, 3.63) is 60.2 Å². The predicted molar refractivity (Wildman–Crippen MR) is 143 cm³/mol. The Balaban J connectivity index is 1.76. The Morgan fingerprint density at radius 3 is 2.34 bits per heavy atom. The summed E-state index contributed by atoms with van der Waals surface area (Å²) >= 11 is 0. The van der Waals surface area contributed by atoms with E-state index in [0.29, 0.717) is 6.42 Å². The van der Waals surface area contributed by atoms with E-state index in [4.69, 9.17) is 29.7 Å². The van der Waals surface area contributed by atoms with Crippen LogP contribution in [0.2, 0.25) is 0 Å². The molecular formula is C25H33B3N4O6. The highest BCUT2D eigenvalue weighted by Gasteiger charge is 2.54. The van der Waals surface area contributed by atoms with E-state index < -0.39 is 54.3 Å². The van der Waals surface area contributed by atoms with Gasteiger partial charge in [-0.15, -0.1) is 0 Å². The molecular weight excluding hydrogens is 485 g/mol. The van der Waals surface area contributed by atoms with Gasteiger partial charge in [-0.05, 0) is 52.5 Å². The number of hydrogen-bond acceptors (Lipinski definition) is 8. The Bertz CT molecular complexity index is 1050. The first-order valence-corrected chi connectivity index (χ1v) is 12.5. The third kappa shape index (κ3) is 8.39. The second-order valence-corrected chi connectivity index (χ2v) is 10.3. The molecule has 0 aliphatic carbocycles. The lowest BCUT2D eigenvalue weighted by Crippen LogP contribution is -2.56. The molecule has 1 aromatic carbocycles. The van der Waals surface area contributed by atoms with Gasteiger partial charge in [0.2, 0.25) is 5.91 Å². The molecule has 1 fully saturated rings. The van der Waals surface area contributed by atoms with Gasteiger partial charge in [-0.3, -0.25) is 14.6 Å². The Labute approximate surface area is 226 Å². The summed E-state index contributed by atoms with van der Waals surface area (Å²) in [7, 11) is 9.89. The maximum atomic E-state index is 13.4. The molecule has 2 heterocycles. The maximum Gasteiger partial charge on any atom is 0.481 e. The summed E-state index contributed by atoms with van der Waals surface area (Å²) in [6, 6.07) is 8.71. The number of aromatic nitrogens is 2. The molecule has 0 spiro atoms. The summed E-state index contributed by atoms with van der Waals surface area (Å²) in [6.07, 6.45) is 6.07. The number of amides is 2. The number of nitrogens with one attached hydrogen (secondary N) is 2. The molecule has 198 valence electrons. The third-order valence-electron chi connectivity index (χ3n) is 6.65. The number of hydrogen-bond donors (Lipinski definition) is 3. The molecule has 0 saturated carbocycles. The Morgan fingerprint density at radius 1 is 1.11 bits per heavy atom. The van der Waals surface area contributed by atoms with Crippen LogP contribution in [0.3, 0.4) is 0 Å². The van der Waals surface area contributed by atoms with Gasteiger partial charge in [0.05, 0.1) is 35.5 Å². The van der Waals surface area contributed by atoms with Crippen LogP contribution in [0.25, 0.3) is 0 Å². The highest BCUT2D eigenvalue weighted by Crippen LogP contribution is 2.38. The largest absolute Gasteiger partial charge is 0.481 e. The lowest BCUT2D eigenvalue weighted by molar-refractivity contribution is -0.129. The average molecular weight is 518 g/mol. The number of benzene rings is 1. The predicted octanol–water partition coefficient (Wildman–Crippen LogP) is 0.671. The minimum absolute atomic E-state index is 0.00794. The van der Waals surface area contributed by atoms with Crippen LogP contribution in [0.1, 0.15) is 56.6 Å². The first-order valence-electron chi connectivity index (χ1n) is 12.5. The summed E-state index contributed by atoms with van der Waals surface area (Å²) in [4.78, 5) is 33.9. The number of rotatable bonds is 12. The topological polar surface area (TPSA) is 132 Å². The summed E-state index contributed by atoms with van der Waals surface area (Å²) in [5.41, 5.74) is -2.57. The highest BCUT2D eigenvalue weighted by atomic mass is 16.7. The second kappa shape index (κ2) is 12.4. The smallest absolute Gasteiger partial charge is 0.402 e. The monoisotopic (exact) mass is 518 g/mol. The van der Waals surface area contributed by atoms with Crippen LogP contribution in [-0.4, -0.2) is 85.1 Å². The van der Waals surface area contributed by atoms with Crippen molar-refractivity contribution in [2.75, 3.05) is 6.61 Å². The highest BCUT2D eigenvalue weighted by molar-refractivity contribution is 6.48. The molecule has 1 aliphatic heterocycles. The van der Waals surface area contributed by atoms with Gasteiger partial charge in [-0.25, -0.2) is 4.98 Å². The van der Waals surface area contributed by atoms with Crippen LogP contribution in [0.5, 0.6) is 0 Å². The number of ether oxygens (including phenoxy) is 1. The van der Waals surface area contributed by atoms with Crippen molar-refractivity contribution in [1.29, 1.82) is 0 Å². The molecule has 3 rings (SSSR count). The zero-order valence-electron chi connectivity index (χ0n) is 22.2. The fourth-order valence-electron chi connectivity index (χ4n) is 3.83. The molecule has 1 aromatic heterocycles. The second-order valence-electron chi connectivity index (χ2n) is 10.3. The van der Waals surface area contributed by atoms with Gasteiger partial charge in [0, 0.05) is 12.4 Å². The molecule has 38 heavy (non-hydrogen) atoms. The van der Waals surface area contributed by atoms with E-state index in [1.807, 2.05) is 58.0 Å². The lowest BCUT2D eigenvalue weighted by atomic mass is 9.75. The summed E-state index contributed by atoms with van der Waals surface area (Å²) in [5.74, 6) is -1.83. The standard InChI is InChI=1S/C25H33B3N4O6/c1-23(2)24(3,4)38-28(37-23)20(12-8-11-17-9-6-5-7-10-17)32-22(34)19(16-36-25(26,27)35)31-21(33)18-15-29-13-14-30-18/h5-7,9-10,13-15,19-20,35H,8,11-12,16H2,1-4H3,(H,31,33)(H,32,34). The van der Waals surface area contributed by atoms with Crippen molar-refractivity contribution in [2.24, 2.45) is 0 Å². The molecule has 2 atom stereocenters. The number of aliphatic hydroxyl groups is 1. The third-order valence-corrected chi connectivity index (χ3v) is 6.65. The quantitative estimate of drug-likeness (QED) is 0.276. The van der Waals surface area contributed by atoms with E-state index in [1.54, 1.807) is 0 Å². The summed E-state index contributed by atoms with van der Waals surface area (Å²) in [6.45, 7) is 7.20. The number of carbonyl (C=O) groups is 2. The Hall–Kier alpha value is -2.73. The van der Waals surface area contributed by atoms with Gasteiger partial charge in [0.25, 0.3) is 5.91 Å². The van der Waals surface area contributed by atoms with E-state index in [9.17, 15) is 14.7 Å². The molecule has 2 unspecified atom stereocenters. The maximum absolute atomic E-state index is 13.4.